The highest BCUT2D eigenvalue weighted by atomic mass is 15.4. The average molecular weight is 200 g/mol. The smallest absolute Gasteiger partial charge is 0.239 e. The summed E-state index contributed by atoms with van der Waals surface area (Å²) in [6.45, 7) is 0. The molecule has 3 aromatic rings. The molecule has 3 aromatic heterocycles. The molecule has 0 saturated heterocycles. The van der Waals surface area contributed by atoms with Crippen molar-refractivity contribution in [3.63, 3.8) is 0 Å². The average Bonchev–Trinajstić information content (AvgIpc) is 2.84. The van der Waals surface area contributed by atoms with Gasteiger partial charge in [0.25, 0.3) is 0 Å². The number of nitrogens with zero attached hydrogens (tertiary/aromatic N) is 5. The molecule has 6 heteroatoms. The molecular formula is C9H8N6. The first-order valence-electron chi connectivity index (χ1n) is 4.44. The van der Waals surface area contributed by atoms with Gasteiger partial charge in [0.1, 0.15) is 17.8 Å². The van der Waals surface area contributed by atoms with Crippen molar-refractivity contribution in [2.24, 2.45) is 0 Å². The number of pyridine rings is 1. The van der Waals surface area contributed by atoms with Crippen LogP contribution in [0.1, 0.15) is 0 Å². The first-order valence-corrected chi connectivity index (χ1v) is 4.44. The lowest BCUT2D eigenvalue weighted by Gasteiger charge is -2.03. The second-order valence-electron chi connectivity index (χ2n) is 3.09. The van der Waals surface area contributed by atoms with Crippen LogP contribution in [0.4, 0.5) is 5.95 Å². The number of hydrogen-bond acceptors (Lipinski definition) is 4. The molecule has 6 nitrogen and oxygen atoms in total. The Morgan fingerprint density at radius 2 is 2.13 bits per heavy atom. The van der Waals surface area contributed by atoms with Gasteiger partial charge in [0.2, 0.25) is 5.95 Å². The van der Waals surface area contributed by atoms with Crippen molar-refractivity contribution in [2.45, 2.75) is 0 Å². The topological polar surface area (TPSA) is 74.0 Å². The second-order valence-corrected chi connectivity index (χ2v) is 3.09. The van der Waals surface area contributed by atoms with E-state index in [1.807, 2.05) is 28.8 Å². The predicted octanol–water partition coefficient (Wildman–Crippen LogP) is 0.497. The van der Waals surface area contributed by atoms with Crippen molar-refractivity contribution in [1.29, 1.82) is 0 Å². The van der Waals surface area contributed by atoms with Gasteiger partial charge >= 0.3 is 0 Å². The molecule has 3 heterocycles. The highest BCUT2D eigenvalue weighted by Crippen LogP contribution is 2.09. The van der Waals surface area contributed by atoms with Gasteiger partial charge in [-0.15, -0.1) is 5.10 Å². The number of fused-ring (bicyclic) bond motifs is 1. The van der Waals surface area contributed by atoms with Crippen LogP contribution in [0.15, 0.2) is 36.9 Å². The summed E-state index contributed by atoms with van der Waals surface area (Å²) in [5.41, 5.74) is 6.33. The monoisotopic (exact) mass is 200 g/mol. The van der Waals surface area contributed by atoms with Crippen molar-refractivity contribution in [2.75, 3.05) is 5.73 Å². The molecule has 0 atom stereocenters. The Morgan fingerprint density at radius 1 is 1.20 bits per heavy atom. The lowest BCUT2D eigenvalue weighted by molar-refractivity contribution is 0.831. The number of hydrogen-bond donors (Lipinski definition) is 1. The van der Waals surface area contributed by atoms with Crippen LogP contribution in [0.25, 0.3) is 11.5 Å². The second kappa shape index (κ2) is 2.81. The summed E-state index contributed by atoms with van der Waals surface area (Å²) in [5, 5.41) is 4.05. The lowest BCUT2D eigenvalue weighted by atomic mass is 10.4. The fourth-order valence-electron chi connectivity index (χ4n) is 1.51. The fraction of sp³-hybridized carbons (Fsp3) is 0. The standard InChI is InChI=1S/C9H8N6/c10-9-12-6-15(13-9)8-3-1-2-7-11-4-5-14(7)8/h1-6H,(H2,10,13). The number of imidazole rings is 1. The van der Waals surface area contributed by atoms with Gasteiger partial charge in [-0.2, -0.15) is 0 Å². The maximum absolute atomic E-state index is 5.47. The molecular weight excluding hydrogens is 192 g/mol. The normalized spacial score (nSPS) is 10.9. The zero-order chi connectivity index (χ0) is 10.3. The minimum Gasteiger partial charge on any atom is -0.366 e. The maximum Gasteiger partial charge on any atom is 0.239 e. The summed E-state index contributed by atoms with van der Waals surface area (Å²) in [5.74, 6) is 1.11. The third kappa shape index (κ3) is 1.15. The Balaban J connectivity index is 2.30. The lowest BCUT2D eigenvalue weighted by Crippen LogP contribution is -2.02. The number of nitrogens with two attached hydrogens (primary N) is 1. The Kier molecular flexibility index (Phi) is 1.49. The Morgan fingerprint density at radius 3 is 2.93 bits per heavy atom. The summed E-state index contributed by atoms with van der Waals surface area (Å²) >= 11 is 0. The maximum atomic E-state index is 5.47. The molecule has 0 spiro atoms. The van der Waals surface area contributed by atoms with Gasteiger partial charge in [-0.25, -0.2) is 14.6 Å². The molecule has 0 bridgehead atoms. The Hall–Kier alpha value is -2.37. The molecule has 0 radical (unpaired) electrons. The van der Waals surface area contributed by atoms with Gasteiger partial charge in [-0.1, -0.05) is 6.07 Å². The molecule has 0 amide bonds. The van der Waals surface area contributed by atoms with E-state index in [4.69, 9.17) is 5.73 Å². The molecule has 2 N–H and O–H groups in total. The summed E-state index contributed by atoms with van der Waals surface area (Å²) < 4.78 is 3.53. The van der Waals surface area contributed by atoms with Crippen molar-refractivity contribution >= 4 is 11.6 Å². The third-order valence-electron chi connectivity index (χ3n) is 2.15. The van der Waals surface area contributed by atoms with E-state index in [-0.39, 0.29) is 5.95 Å². The predicted molar refractivity (Wildman–Crippen MR) is 54.5 cm³/mol. The fourth-order valence-corrected chi connectivity index (χ4v) is 1.51. The van der Waals surface area contributed by atoms with Crippen LogP contribution in [-0.4, -0.2) is 24.1 Å². The van der Waals surface area contributed by atoms with Gasteiger partial charge in [0.15, 0.2) is 0 Å². The van der Waals surface area contributed by atoms with E-state index in [1.54, 1.807) is 17.2 Å². The van der Waals surface area contributed by atoms with Crippen LogP contribution in [0.5, 0.6) is 0 Å². The van der Waals surface area contributed by atoms with E-state index in [0.29, 0.717) is 0 Å². The molecule has 0 aliphatic heterocycles. The molecule has 0 saturated carbocycles. The summed E-state index contributed by atoms with van der Waals surface area (Å²) in [6, 6.07) is 5.75. The molecule has 0 unspecified atom stereocenters. The van der Waals surface area contributed by atoms with Crippen molar-refractivity contribution in [1.82, 2.24) is 24.1 Å². The minimum absolute atomic E-state index is 0.257. The first-order chi connectivity index (χ1) is 7.34. The molecule has 3 rings (SSSR count). The summed E-state index contributed by atoms with van der Waals surface area (Å²) in [6.07, 6.45) is 5.17. The van der Waals surface area contributed by atoms with Crippen LogP contribution in [0, 0.1) is 0 Å². The number of aromatic nitrogens is 5. The van der Waals surface area contributed by atoms with E-state index in [0.717, 1.165) is 11.5 Å². The Labute approximate surface area is 85.0 Å². The third-order valence-corrected chi connectivity index (χ3v) is 2.15. The van der Waals surface area contributed by atoms with Crippen molar-refractivity contribution in [3.05, 3.63) is 36.9 Å². The molecule has 74 valence electrons. The van der Waals surface area contributed by atoms with E-state index >= 15 is 0 Å². The van der Waals surface area contributed by atoms with Gasteiger partial charge in [-0.05, 0) is 12.1 Å². The van der Waals surface area contributed by atoms with E-state index in [2.05, 4.69) is 15.1 Å². The van der Waals surface area contributed by atoms with E-state index < -0.39 is 0 Å². The number of rotatable bonds is 1. The molecule has 15 heavy (non-hydrogen) atoms. The summed E-state index contributed by atoms with van der Waals surface area (Å²) in [7, 11) is 0. The Bertz CT molecular complexity index is 608. The van der Waals surface area contributed by atoms with Crippen LogP contribution < -0.4 is 5.73 Å². The van der Waals surface area contributed by atoms with Gasteiger partial charge in [0, 0.05) is 12.4 Å². The molecule has 0 fully saturated rings. The minimum atomic E-state index is 0.257. The molecule has 0 aromatic carbocycles. The van der Waals surface area contributed by atoms with Gasteiger partial charge in [-0.3, -0.25) is 4.40 Å². The van der Waals surface area contributed by atoms with Crippen molar-refractivity contribution in [3.8, 4) is 5.82 Å². The highest BCUT2D eigenvalue weighted by Gasteiger charge is 2.04. The van der Waals surface area contributed by atoms with E-state index in [9.17, 15) is 0 Å². The first kappa shape index (κ1) is 7.98. The van der Waals surface area contributed by atoms with Crippen LogP contribution >= 0.6 is 0 Å². The number of anilines is 1. The van der Waals surface area contributed by atoms with E-state index in [1.165, 1.54) is 0 Å². The number of nitrogen functional groups attached to an aromatic ring is 1. The largest absolute Gasteiger partial charge is 0.366 e. The highest BCUT2D eigenvalue weighted by molar-refractivity contribution is 5.44. The van der Waals surface area contributed by atoms with Gasteiger partial charge in [0.05, 0.1) is 0 Å². The summed E-state index contributed by atoms with van der Waals surface area (Å²) in [4.78, 5) is 8.06. The van der Waals surface area contributed by atoms with Crippen molar-refractivity contribution < 1.29 is 0 Å². The van der Waals surface area contributed by atoms with Crippen LogP contribution in [0.2, 0.25) is 0 Å². The zero-order valence-corrected chi connectivity index (χ0v) is 7.78. The van der Waals surface area contributed by atoms with Gasteiger partial charge < -0.3 is 5.73 Å². The van der Waals surface area contributed by atoms with Crippen LogP contribution in [0.3, 0.4) is 0 Å². The molecule has 0 aliphatic carbocycles. The quantitative estimate of drug-likeness (QED) is 0.620. The molecule has 0 aliphatic rings. The van der Waals surface area contributed by atoms with Crippen LogP contribution in [-0.2, 0) is 0 Å². The SMILES string of the molecule is Nc1ncn(-c2cccc3nccn23)n1. The zero-order valence-electron chi connectivity index (χ0n) is 7.78.